The summed E-state index contributed by atoms with van der Waals surface area (Å²) >= 11 is 0. The Morgan fingerprint density at radius 2 is 1.34 bits per heavy atom. The molecule has 0 aromatic heterocycles. The lowest BCUT2D eigenvalue weighted by atomic mass is 10.2. The summed E-state index contributed by atoms with van der Waals surface area (Å²) in [5.74, 6) is -4.47. The lowest BCUT2D eigenvalue weighted by Crippen LogP contribution is -2.05. The summed E-state index contributed by atoms with van der Waals surface area (Å²) in [6.45, 7) is 0. The monoisotopic (exact) mass is 449 g/mol. The minimum Gasteiger partial charge on any atom is -0.478 e. The third-order valence-electron chi connectivity index (χ3n) is 3.27. The van der Waals surface area contributed by atoms with Gasteiger partial charge < -0.3 is 15.1 Å². The zero-order chi connectivity index (χ0) is 23.9. The third kappa shape index (κ3) is 7.98. The number of rotatable bonds is 9. The summed E-state index contributed by atoms with van der Waals surface area (Å²) in [7, 11) is 1.37. The highest BCUT2D eigenvalue weighted by molar-refractivity contribution is 6.16. The molecule has 0 heterocycles. The fourth-order valence-corrected chi connectivity index (χ4v) is 2.03. The maximum Gasteiger partial charge on any atom is 0.340 e. The number of aldehydes is 1. The molecule has 2 aromatic carbocycles. The minimum atomic E-state index is -1.41. The maximum absolute atomic E-state index is 13.2. The molecule has 4 N–H and O–H groups in total. The Hall–Kier alpha value is -4.68. The molecule has 168 valence electrons. The topological polar surface area (TPSA) is 162 Å². The van der Waals surface area contributed by atoms with Crippen molar-refractivity contribution in [3.05, 3.63) is 59.2 Å². The van der Waals surface area contributed by atoms with Crippen molar-refractivity contribution in [1.29, 1.82) is 0 Å². The summed E-state index contributed by atoms with van der Waals surface area (Å²) in [5, 5.41) is 27.9. The van der Waals surface area contributed by atoms with Gasteiger partial charge in [0.25, 0.3) is 0 Å². The van der Waals surface area contributed by atoms with E-state index in [2.05, 4.69) is 31.0 Å². The van der Waals surface area contributed by atoms with Crippen LogP contribution in [-0.2, 0) is 9.63 Å². The number of carbonyl (C=O) groups excluding carboxylic acids is 1. The van der Waals surface area contributed by atoms with Crippen LogP contribution >= 0.6 is 0 Å². The van der Waals surface area contributed by atoms with Gasteiger partial charge in [-0.25, -0.2) is 18.4 Å². The Balaban J connectivity index is 0.000000323. The Morgan fingerprint density at radius 1 is 0.875 bits per heavy atom. The molecule has 0 radical (unpaired) electrons. The highest BCUT2D eigenvalue weighted by Gasteiger charge is 2.15. The lowest BCUT2D eigenvalue weighted by molar-refractivity contribution is -0.102. The van der Waals surface area contributed by atoms with E-state index >= 15 is 0 Å². The highest BCUT2D eigenvalue weighted by Crippen LogP contribution is 2.19. The summed E-state index contributed by atoms with van der Waals surface area (Å²) in [6.07, 6.45) is 3.77. The summed E-state index contributed by atoms with van der Waals surface area (Å²) in [5.41, 5.74) is 3.71. The standard InChI is InChI=1S/C10H10FN3O3.C9H7FN2O3/c1-17-13-6-5-12-14-8-4-2-3-7(11)9(8)10(15)16;10-6-2-1-3-7(8(6)9(14)15)12-11-4-5-13/h2-6,14H,1H3,(H,15,16);1-5,12H,(H,14,15)/b12-5+,13-6+;11-4+. The number of aromatic carboxylic acids is 2. The Morgan fingerprint density at radius 3 is 1.75 bits per heavy atom. The molecular weight excluding hydrogens is 432 g/mol. The van der Waals surface area contributed by atoms with Crippen LogP contribution in [0.15, 0.2) is 51.8 Å². The van der Waals surface area contributed by atoms with Crippen LogP contribution in [0.3, 0.4) is 0 Å². The second kappa shape index (κ2) is 13.5. The molecule has 0 aliphatic carbocycles. The Kier molecular flexibility index (Phi) is 10.7. The molecule has 0 saturated heterocycles. The Labute approximate surface area is 179 Å². The number of hydrogen-bond acceptors (Lipinski definition) is 9. The van der Waals surface area contributed by atoms with E-state index in [1.54, 1.807) is 0 Å². The predicted octanol–water partition coefficient (Wildman–Crippen LogP) is 2.67. The minimum absolute atomic E-state index is 0.0133. The van der Waals surface area contributed by atoms with Gasteiger partial charge in [-0.2, -0.15) is 10.2 Å². The first-order chi connectivity index (χ1) is 15.3. The van der Waals surface area contributed by atoms with Crippen molar-refractivity contribution in [2.45, 2.75) is 0 Å². The van der Waals surface area contributed by atoms with Gasteiger partial charge in [0.05, 0.1) is 30.0 Å². The van der Waals surface area contributed by atoms with Crippen molar-refractivity contribution in [3.8, 4) is 0 Å². The first-order valence-electron chi connectivity index (χ1n) is 8.44. The van der Waals surface area contributed by atoms with Gasteiger partial charge in [0.15, 0.2) is 6.29 Å². The van der Waals surface area contributed by atoms with Crippen LogP contribution in [-0.4, -0.2) is 54.2 Å². The number of hydrogen-bond donors (Lipinski definition) is 4. The Bertz CT molecular complexity index is 1040. The number of carbonyl (C=O) groups is 3. The average molecular weight is 449 g/mol. The average Bonchev–Trinajstić information content (AvgIpc) is 2.74. The number of nitrogens with one attached hydrogen (secondary N) is 2. The number of oxime groups is 1. The van der Waals surface area contributed by atoms with Crippen molar-refractivity contribution >= 4 is 48.2 Å². The van der Waals surface area contributed by atoms with Crippen molar-refractivity contribution in [2.24, 2.45) is 15.4 Å². The molecule has 32 heavy (non-hydrogen) atoms. The fraction of sp³-hybridized carbons (Fsp3) is 0.0526. The molecular formula is C19H17F2N5O6. The van der Waals surface area contributed by atoms with Gasteiger partial charge in [0, 0.05) is 0 Å². The van der Waals surface area contributed by atoms with Crippen LogP contribution in [0.5, 0.6) is 0 Å². The smallest absolute Gasteiger partial charge is 0.340 e. The van der Waals surface area contributed by atoms with Gasteiger partial charge in [-0.05, 0) is 24.3 Å². The molecule has 0 bridgehead atoms. The van der Waals surface area contributed by atoms with Gasteiger partial charge >= 0.3 is 11.9 Å². The van der Waals surface area contributed by atoms with E-state index in [0.717, 1.165) is 18.3 Å². The van der Waals surface area contributed by atoms with Crippen molar-refractivity contribution in [3.63, 3.8) is 0 Å². The van der Waals surface area contributed by atoms with Gasteiger partial charge in [-0.15, -0.1) is 0 Å². The van der Waals surface area contributed by atoms with E-state index in [4.69, 9.17) is 10.2 Å². The number of anilines is 2. The fourth-order valence-electron chi connectivity index (χ4n) is 2.03. The molecule has 0 saturated carbocycles. The molecule has 0 atom stereocenters. The van der Waals surface area contributed by atoms with Crippen LogP contribution in [0, 0.1) is 11.6 Å². The van der Waals surface area contributed by atoms with Crippen molar-refractivity contribution < 1.29 is 38.2 Å². The van der Waals surface area contributed by atoms with E-state index < -0.39 is 34.7 Å². The van der Waals surface area contributed by atoms with Gasteiger partial charge in [0.2, 0.25) is 0 Å². The van der Waals surface area contributed by atoms with Gasteiger partial charge in [0.1, 0.15) is 29.9 Å². The summed E-state index contributed by atoms with van der Waals surface area (Å²) < 4.78 is 26.3. The van der Waals surface area contributed by atoms with Crippen LogP contribution in [0.2, 0.25) is 0 Å². The molecule has 0 spiro atoms. The van der Waals surface area contributed by atoms with E-state index in [1.807, 2.05) is 0 Å². The number of hydrazone groups is 2. The highest BCUT2D eigenvalue weighted by atomic mass is 19.1. The normalized spacial score (nSPS) is 10.6. The number of carboxylic acids is 2. The van der Waals surface area contributed by atoms with Crippen molar-refractivity contribution in [2.75, 3.05) is 18.0 Å². The second-order valence-corrected chi connectivity index (χ2v) is 5.29. The van der Waals surface area contributed by atoms with E-state index in [1.165, 1.54) is 43.8 Å². The second-order valence-electron chi connectivity index (χ2n) is 5.29. The van der Waals surface area contributed by atoms with E-state index in [0.29, 0.717) is 6.29 Å². The zero-order valence-electron chi connectivity index (χ0n) is 16.4. The largest absolute Gasteiger partial charge is 0.478 e. The molecule has 11 nitrogen and oxygen atoms in total. The quantitative estimate of drug-likeness (QED) is 0.258. The first kappa shape index (κ1) is 25.4. The zero-order valence-corrected chi connectivity index (χ0v) is 16.4. The summed E-state index contributed by atoms with van der Waals surface area (Å²) in [6, 6.07) is 7.54. The van der Waals surface area contributed by atoms with Crippen molar-refractivity contribution in [1.82, 2.24) is 0 Å². The van der Waals surface area contributed by atoms with Gasteiger partial charge in [-0.3, -0.25) is 15.6 Å². The molecule has 2 rings (SSSR count). The SMILES string of the molecule is CO/N=C/C=N/Nc1cccc(F)c1C(=O)O.O=C/C=N/Nc1cccc(F)c1C(=O)O. The number of carboxylic acid groups (broad SMARTS) is 2. The molecule has 0 aliphatic heterocycles. The summed E-state index contributed by atoms with van der Waals surface area (Å²) in [4.78, 5) is 35.7. The van der Waals surface area contributed by atoms with Gasteiger partial charge in [-0.1, -0.05) is 17.3 Å². The lowest BCUT2D eigenvalue weighted by Gasteiger charge is -2.04. The molecule has 0 fully saturated rings. The molecule has 0 amide bonds. The number of nitrogens with zero attached hydrogens (tertiary/aromatic N) is 3. The van der Waals surface area contributed by atoms with Crippen LogP contribution in [0.4, 0.5) is 20.2 Å². The van der Waals surface area contributed by atoms with E-state index in [9.17, 15) is 23.2 Å². The molecule has 0 unspecified atom stereocenters. The van der Waals surface area contributed by atoms with Crippen LogP contribution in [0.1, 0.15) is 20.7 Å². The predicted molar refractivity (Wildman–Crippen MR) is 113 cm³/mol. The molecule has 13 heteroatoms. The van der Waals surface area contributed by atoms with Crippen LogP contribution < -0.4 is 10.9 Å². The maximum atomic E-state index is 13.2. The third-order valence-corrected chi connectivity index (χ3v) is 3.27. The van der Waals surface area contributed by atoms with E-state index in [-0.39, 0.29) is 11.4 Å². The first-order valence-corrected chi connectivity index (χ1v) is 8.44. The molecule has 0 aliphatic rings. The van der Waals surface area contributed by atoms with Crippen LogP contribution in [0.25, 0.3) is 0 Å². The molecule has 2 aromatic rings. The number of halogens is 2. The number of benzene rings is 2.